The topological polar surface area (TPSA) is 63.7 Å². The predicted molar refractivity (Wildman–Crippen MR) is 99.8 cm³/mol. The highest BCUT2D eigenvalue weighted by molar-refractivity contribution is 5.94. The van der Waals surface area contributed by atoms with Gasteiger partial charge in [-0.25, -0.2) is 4.98 Å². The van der Waals surface area contributed by atoms with Crippen LogP contribution in [-0.2, 0) is 6.42 Å². The Bertz CT molecular complexity index is 777. The van der Waals surface area contributed by atoms with Crippen LogP contribution >= 0.6 is 0 Å². The molecule has 1 atom stereocenters. The minimum absolute atomic E-state index is 0.00104. The van der Waals surface area contributed by atoms with Crippen LogP contribution in [0.5, 0.6) is 11.6 Å². The number of nitrogens with one attached hydrogen (secondary N) is 1. The number of hydrogen-bond donors (Lipinski definition) is 1. The van der Waals surface area contributed by atoms with E-state index in [1.54, 1.807) is 25.4 Å². The second-order valence-corrected chi connectivity index (χ2v) is 6.63. The van der Waals surface area contributed by atoms with E-state index in [1.807, 2.05) is 31.1 Å². The van der Waals surface area contributed by atoms with E-state index in [0.29, 0.717) is 18.1 Å². The minimum atomic E-state index is -0.120. The lowest BCUT2D eigenvalue weighted by molar-refractivity contribution is 0.0936. The Labute approximate surface area is 154 Å². The van der Waals surface area contributed by atoms with Gasteiger partial charge in [0.25, 0.3) is 5.91 Å². The maximum atomic E-state index is 12.7. The first-order valence-electron chi connectivity index (χ1n) is 8.78. The molecular formula is C20H25N3O3. The zero-order chi connectivity index (χ0) is 18.5. The van der Waals surface area contributed by atoms with Gasteiger partial charge in [0, 0.05) is 24.4 Å². The van der Waals surface area contributed by atoms with Crippen molar-refractivity contribution in [3.8, 4) is 11.6 Å². The summed E-state index contributed by atoms with van der Waals surface area (Å²) >= 11 is 0. The normalized spacial score (nSPS) is 15.6. The number of ether oxygens (including phenoxy) is 2. The van der Waals surface area contributed by atoms with Crippen LogP contribution in [0.2, 0.25) is 0 Å². The molecule has 1 heterocycles. The van der Waals surface area contributed by atoms with Gasteiger partial charge < -0.3 is 19.7 Å². The molecular weight excluding hydrogens is 330 g/mol. The molecule has 0 radical (unpaired) electrons. The average molecular weight is 355 g/mol. The molecule has 26 heavy (non-hydrogen) atoms. The zero-order valence-electron chi connectivity index (χ0n) is 15.5. The molecule has 1 aliphatic carbocycles. The Hall–Kier alpha value is -2.60. The number of carbonyl (C=O) groups is 1. The Morgan fingerprint density at radius 3 is 2.96 bits per heavy atom. The van der Waals surface area contributed by atoms with Gasteiger partial charge in [-0.2, -0.15) is 0 Å². The van der Waals surface area contributed by atoms with E-state index in [-0.39, 0.29) is 11.9 Å². The van der Waals surface area contributed by atoms with Crippen LogP contribution in [0.1, 0.15) is 33.9 Å². The molecule has 1 N–H and O–H groups in total. The van der Waals surface area contributed by atoms with Gasteiger partial charge in [0.1, 0.15) is 12.4 Å². The third kappa shape index (κ3) is 4.14. The second-order valence-electron chi connectivity index (χ2n) is 6.63. The van der Waals surface area contributed by atoms with Gasteiger partial charge in [-0.15, -0.1) is 0 Å². The molecule has 1 aromatic carbocycles. The number of benzene rings is 1. The molecule has 0 bridgehead atoms. The zero-order valence-corrected chi connectivity index (χ0v) is 15.5. The third-order valence-electron chi connectivity index (χ3n) is 4.54. The van der Waals surface area contributed by atoms with Gasteiger partial charge in [-0.05, 0) is 50.2 Å². The Kier molecular flexibility index (Phi) is 5.73. The minimum Gasteiger partial charge on any atom is -0.496 e. The first-order valence-corrected chi connectivity index (χ1v) is 8.78. The summed E-state index contributed by atoms with van der Waals surface area (Å²) in [5.41, 5.74) is 2.87. The number of nitrogens with zero attached hydrogens (tertiary/aromatic N) is 2. The fourth-order valence-electron chi connectivity index (χ4n) is 3.17. The molecule has 3 rings (SSSR count). The second kappa shape index (κ2) is 8.19. The Morgan fingerprint density at radius 2 is 2.19 bits per heavy atom. The van der Waals surface area contributed by atoms with Crippen molar-refractivity contribution >= 4 is 5.91 Å². The van der Waals surface area contributed by atoms with E-state index in [2.05, 4.69) is 16.4 Å². The van der Waals surface area contributed by atoms with Crippen LogP contribution in [0.15, 0.2) is 36.5 Å². The molecule has 1 aromatic heterocycles. The average Bonchev–Trinajstić information content (AvgIpc) is 3.04. The van der Waals surface area contributed by atoms with Crippen molar-refractivity contribution in [3.63, 3.8) is 0 Å². The molecule has 0 spiro atoms. The fraction of sp³-hybridized carbons (Fsp3) is 0.400. The summed E-state index contributed by atoms with van der Waals surface area (Å²) in [5, 5.41) is 3.12. The van der Waals surface area contributed by atoms with Crippen molar-refractivity contribution in [2.45, 2.75) is 18.9 Å². The number of methoxy groups -OCH3 is 1. The van der Waals surface area contributed by atoms with Crippen LogP contribution in [-0.4, -0.2) is 50.1 Å². The fourth-order valence-corrected chi connectivity index (χ4v) is 3.17. The molecule has 0 fully saturated rings. The highest BCUT2D eigenvalue weighted by Gasteiger charge is 2.26. The molecule has 2 aromatic rings. The lowest BCUT2D eigenvalue weighted by Crippen LogP contribution is -2.27. The van der Waals surface area contributed by atoms with E-state index in [1.165, 1.54) is 5.56 Å². The summed E-state index contributed by atoms with van der Waals surface area (Å²) < 4.78 is 11.0. The summed E-state index contributed by atoms with van der Waals surface area (Å²) in [4.78, 5) is 18.9. The van der Waals surface area contributed by atoms with Gasteiger partial charge in [-0.3, -0.25) is 4.79 Å². The van der Waals surface area contributed by atoms with Crippen molar-refractivity contribution in [2.24, 2.45) is 0 Å². The maximum absolute atomic E-state index is 12.7. The van der Waals surface area contributed by atoms with Crippen LogP contribution in [0.25, 0.3) is 0 Å². The van der Waals surface area contributed by atoms with E-state index in [9.17, 15) is 4.79 Å². The van der Waals surface area contributed by atoms with Crippen molar-refractivity contribution in [1.29, 1.82) is 0 Å². The van der Waals surface area contributed by atoms with Gasteiger partial charge >= 0.3 is 0 Å². The van der Waals surface area contributed by atoms with Crippen LogP contribution in [0, 0.1) is 0 Å². The number of fused-ring (bicyclic) bond motifs is 1. The van der Waals surface area contributed by atoms with Gasteiger partial charge in [0.15, 0.2) is 0 Å². The lowest BCUT2D eigenvalue weighted by atomic mass is 10.1. The SMILES string of the molecule is COc1cccc2c1CCC2NC(=O)c1ccnc(OCCN(C)C)c1. The highest BCUT2D eigenvalue weighted by Crippen LogP contribution is 2.36. The smallest absolute Gasteiger partial charge is 0.252 e. The van der Waals surface area contributed by atoms with Gasteiger partial charge in [-0.1, -0.05) is 12.1 Å². The monoisotopic (exact) mass is 355 g/mol. The first-order chi connectivity index (χ1) is 12.6. The highest BCUT2D eigenvalue weighted by atomic mass is 16.5. The van der Waals surface area contributed by atoms with Crippen molar-refractivity contribution in [2.75, 3.05) is 34.4 Å². The van der Waals surface area contributed by atoms with Crippen LogP contribution < -0.4 is 14.8 Å². The summed E-state index contributed by atoms with van der Waals surface area (Å²) in [6, 6.07) is 9.37. The molecule has 0 aliphatic heterocycles. The number of hydrogen-bond acceptors (Lipinski definition) is 5. The maximum Gasteiger partial charge on any atom is 0.252 e. The Morgan fingerprint density at radius 1 is 1.35 bits per heavy atom. The number of pyridine rings is 1. The van der Waals surface area contributed by atoms with Crippen LogP contribution in [0.3, 0.4) is 0 Å². The molecule has 1 unspecified atom stereocenters. The summed E-state index contributed by atoms with van der Waals surface area (Å²) in [7, 11) is 5.64. The number of aromatic nitrogens is 1. The molecule has 6 heteroatoms. The molecule has 1 amide bonds. The number of amides is 1. The molecule has 1 aliphatic rings. The van der Waals surface area contributed by atoms with Crippen LogP contribution in [0.4, 0.5) is 0 Å². The number of carbonyl (C=O) groups excluding carboxylic acids is 1. The van der Waals surface area contributed by atoms with Crippen molar-refractivity contribution < 1.29 is 14.3 Å². The molecule has 0 saturated carbocycles. The number of rotatable bonds is 7. The molecule has 6 nitrogen and oxygen atoms in total. The summed E-state index contributed by atoms with van der Waals surface area (Å²) in [6.07, 6.45) is 3.38. The van der Waals surface area contributed by atoms with E-state index in [4.69, 9.17) is 9.47 Å². The lowest BCUT2D eigenvalue weighted by Gasteiger charge is -2.15. The third-order valence-corrected chi connectivity index (χ3v) is 4.54. The van der Waals surface area contributed by atoms with Crippen molar-refractivity contribution in [1.82, 2.24) is 15.2 Å². The van der Waals surface area contributed by atoms with E-state index in [0.717, 1.165) is 30.7 Å². The summed E-state index contributed by atoms with van der Waals surface area (Å²) in [6.45, 7) is 1.32. The Balaban J connectivity index is 1.67. The first kappa shape index (κ1) is 18.2. The number of likely N-dealkylation sites (N-methyl/N-ethyl adjacent to an activating group) is 1. The molecule has 138 valence electrons. The van der Waals surface area contributed by atoms with E-state index >= 15 is 0 Å². The molecule has 0 saturated heterocycles. The summed E-state index contributed by atoms with van der Waals surface area (Å²) in [5.74, 6) is 1.23. The standard InChI is InChI=1S/C20H25N3O3/c1-23(2)11-12-26-19-13-14(9-10-21-19)20(24)22-17-8-7-16-15(17)5-4-6-18(16)25-3/h4-6,9-10,13,17H,7-8,11-12H2,1-3H3,(H,22,24). The van der Waals surface area contributed by atoms with Crippen molar-refractivity contribution in [3.05, 3.63) is 53.2 Å². The largest absolute Gasteiger partial charge is 0.496 e. The van der Waals surface area contributed by atoms with Gasteiger partial charge in [0.05, 0.1) is 13.2 Å². The van der Waals surface area contributed by atoms with E-state index < -0.39 is 0 Å². The quantitative estimate of drug-likeness (QED) is 0.826. The van der Waals surface area contributed by atoms with Gasteiger partial charge in [0.2, 0.25) is 5.88 Å². The predicted octanol–water partition coefficient (Wildman–Crippen LogP) is 2.45.